The molecule has 2 aromatic carbocycles. The number of imide groups is 1. The summed E-state index contributed by atoms with van der Waals surface area (Å²) in [6.45, 7) is -0.441. The topological polar surface area (TPSA) is 83.6 Å². The van der Waals surface area contributed by atoms with Crippen LogP contribution in [-0.2, 0) is 4.79 Å². The van der Waals surface area contributed by atoms with Gasteiger partial charge in [-0.3, -0.25) is 24.1 Å². The van der Waals surface area contributed by atoms with Crippen LogP contribution in [0, 0.1) is 0 Å². The molecule has 0 aliphatic carbocycles. The van der Waals surface area contributed by atoms with Gasteiger partial charge in [-0.05, 0) is 35.7 Å². The number of thiophene rings is 1. The van der Waals surface area contributed by atoms with Gasteiger partial charge in [0.1, 0.15) is 11.5 Å². The Morgan fingerprint density at radius 1 is 0.897 bits per heavy atom. The van der Waals surface area contributed by atoms with Gasteiger partial charge in [0, 0.05) is 5.56 Å². The maximum Gasteiger partial charge on any atom is 0.262 e. The number of amides is 3. The second kappa shape index (κ2) is 7.62. The highest BCUT2D eigenvalue weighted by Crippen LogP contribution is 2.29. The van der Waals surface area contributed by atoms with Crippen molar-refractivity contribution < 1.29 is 19.2 Å². The Bertz CT molecular complexity index is 1140. The number of fused-ring (bicyclic) bond motifs is 1. The van der Waals surface area contributed by atoms with Crippen molar-refractivity contribution in [3.63, 3.8) is 0 Å². The van der Waals surface area contributed by atoms with Crippen LogP contribution < -0.4 is 5.32 Å². The van der Waals surface area contributed by atoms with Gasteiger partial charge in [0.25, 0.3) is 11.8 Å². The van der Waals surface area contributed by atoms with Crippen molar-refractivity contribution in [2.45, 2.75) is 0 Å². The van der Waals surface area contributed by atoms with Gasteiger partial charge in [0.05, 0.1) is 21.7 Å². The fourth-order valence-corrected chi connectivity index (χ4v) is 4.09. The van der Waals surface area contributed by atoms with Gasteiger partial charge in [0.15, 0.2) is 5.78 Å². The third-order valence-corrected chi connectivity index (χ3v) is 5.62. The SMILES string of the molecule is O=C(CN1C(=O)c2ccccc2C1=O)Nc1sccc1C(=O)c1ccccc1Cl. The minimum atomic E-state index is -0.574. The Morgan fingerprint density at radius 3 is 2.17 bits per heavy atom. The zero-order chi connectivity index (χ0) is 20.5. The van der Waals surface area contributed by atoms with E-state index < -0.39 is 24.3 Å². The number of halogens is 1. The van der Waals surface area contributed by atoms with Gasteiger partial charge in [-0.15, -0.1) is 11.3 Å². The largest absolute Gasteiger partial charge is 0.316 e. The number of hydrogen-bond acceptors (Lipinski definition) is 5. The first-order chi connectivity index (χ1) is 14.0. The lowest BCUT2D eigenvalue weighted by Crippen LogP contribution is -2.37. The van der Waals surface area contributed by atoms with Crippen molar-refractivity contribution in [1.82, 2.24) is 4.90 Å². The normalized spacial score (nSPS) is 12.8. The van der Waals surface area contributed by atoms with E-state index in [1.54, 1.807) is 60.0 Å². The smallest absolute Gasteiger partial charge is 0.262 e. The summed E-state index contributed by atoms with van der Waals surface area (Å²) in [7, 11) is 0. The van der Waals surface area contributed by atoms with Gasteiger partial charge in [-0.1, -0.05) is 35.9 Å². The van der Waals surface area contributed by atoms with Crippen LogP contribution in [-0.4, -0.2) is 34.9 Å². The zero-order valence-electron chi connectivity index (χ0n) is 14.8. The second-order valence-electron chi connectivity index (χ2n) is 6.26. The Balaban J connectivity index is 1.51. The van der Waals surface area contributed by atoms with Crippen LogP contribution in [0.5, 0.6) is 0 Å². The summed E-state index contributed by atoms with van der Waals surface area (Å²) in [5.74, 6) is -1.93. The monoisotopic (exact) mass is 424 g/mol. The fraction of sp³-hybridized carbons (Fsp3) is 0.0476. The van der Waals surface area contributed by atoms with E-state index in [1.165, 1.54) is 11.3 Å². The van der Waals surface area contributed by atoms with E-state index in [0.717, 1.165) is 4.90 Å². The molecule has 0 bridgehead atoms. The Morgan fingerprint density at radius 2 is 1.52 bits per heavy atom. The van der Waals surface area contributed by atoms with E-state index in [-0.39, 0.29) is 16.9 Å². The lowest BCUT2D eigenvalue weighted by atomic mass is 10.1. The number of rotatable bonds is 5. The molecule has 3 amide bonds. The molecule has 1 aliphatic heterocycles. The fourth-order valence-electron chi connectivity index (χ4n) is 3.07. The number of nitrogens with one attached hydrogen (secondary N) is 1. The quantitative estimate of drug-likeness (QED) is 0.498. The summed E-state index contributed by atoms with van der Waals surface area (Å²) in [6, 6.07) is 14.6. The number of anilines is 1. The molecular formula is C21H13ClN2O4S. The van der Waals surface area contributed by atoms with E-state index in [4.69, 9.17) is 11.6 Å². The summed E-state index contributed by atoms with van der Waals surface area (Å²) in [4.78, 5) is 51.0. The standard InChI is InChI=1S/C21H13ClN2O4S/c22-16-8-4-3-7-14(16)18(26)15-9-10-29-19(15)23-17(25)11-24-20(27)12-5-1-2-6-13(12)21(24)28/h1-10H,11H2,(H,23,25). The minimum Gasteiger partial charge on any atom is -0.316 e. The first-order valence-electron chi connectivity index (χ1n) is 8.59. The predicted molar refractivity (Wildman–Crippen MR) is 110 cm³/mol. The third kappa shape index (κ3) is 3.46. The molecule has 1 aliphatic rings. The lowest BCUT2D eigenvalue weighted by molar-refractivity contribution is -0.116. The first-order valence-corrected chi connectivity index (χ1v) is 9.85. The minimum absolute atomic E-state index is 0.274. The van der Waals surface area contributed by atoms with Crippen molar-refractivity contribution in [2.24, 2.45) is 0 Å². The van der Waals surface area contributed by atoms with Gasteiger partial charge in [-0.2, -0.15) is 0 Å². The molecule has 0 saturated heterocycles. The van der Waals surface area contributed by atoms with Crippen molar-refractivity contribution in [2.75, 3.05) is 11.9 Å². The third-order valence-electron chi connectivity index (χ3n) is 4.46. The number of benzene rings is 2. The van der Waals surface area contributed by atoms with Gasteiger partial charge in [0.2, 0.25) is 5.91 Å². The summed E-state index contributed by atoms with van der Waals surface area (Å²) in [5.41, 5.74) is 1.16. The molecule has 144 valence electrons. The van der Waals surface area contributed by atoms with Crippen molar-refractivity contribution in [3.05, 3.63) is 87.3 Å². The maximum atomic E-state index is 12.8. The van der Waals surface area contributed by atoms with E-state index in [2.05, 4.69) is 5.32 Å². The summed E-state index contributed by atoms with van der Waals surface area (Å²) >= 11 is 7.27. The van der Waals surface area contributed by atoms with Crippen LogP contribution in [0.15, 0.2) is 60.0 Å². The number of nitrogens with zero attached hydrogens (tertiary/aromatic N) is 1. The van der Waals surface area contributed by atoms with Crippen molar-refractivity contribution in [3.8, 4) is 0 Å². The molecule has 4 rings (SSSR count). The van der Waals surface area contributed by atoms with Gasteiger partial charge >= 0.3 is 0 Å². The Kier molecular flexibility index (Phi) is 5.00. The zero-order valence-corrected chi connectivity index (χ0v) is 16.4. The van der Waals surface area contributed by atoms with Crippen LogP contribution in [0.3, 0.4) is 0 Å². The van der Waals surface area contributed by atoms with Crippen molar-refractivity contribution >= 4 is 51.4 Å². The van der Waals surface area contributed by atoms with Crippen LogP contribution in [0.2, 0.25) is 5.02 Å². The summed E-state index contributed by atoms with van der Waals surface area (Å²) in [6.07, 6.45) is 0. The van der Waals surface area contributed by atoms with E-state index in [0.29, 0.717) is 21.2 Å². The second-order valence-corrected chi connectivity index (χ2v) is 7.59. The molecule has 3 aromatic rings. The molecule has 8 heteroatoms. The molecule has 0 atom stereocenters. The lowest BCUT2D eigenvalue weighted by Gasteiger charge is -2.13. The first kappa shape index (κ1) is 19.0. The van der Waals surface area contributed by atoms with Crippen LogP contribution in [0.1, 0.15) is 36.6 Å². The van der Waals surface area contributed by atoms with Crippen LogP contribution in [0.25, 0.3) is 0 Å². The summed E-state index contributed by atoms with van der Waals surface area (Å²) < 4.78 is 0. The molecule has 6 nitrogen and oxygen atoms in total. The van der Waals surface area contributed by atoms with Crippen molar-refractivity contribution in [1.29, 1.82) is 0 Å². The molecular weight excluding hydrogens is 412 g/mol. The molecule has 1 aromatic heterocycles. The van der Waals surface area contributed by atoms with Gasteiger partial charge in [-0.25, -0.2) is 0 Å². The molecule has 0 saturated carbocycles. The highest BCUT2D eigenvalue weighted by molar-refractivity contribution is 7.14. The molecule has 0 spiro atoms. The number of carbonyl (C=O) groups is 4. The Hall–Kier alpha value is -3.29. The molecule has 29 heavy (non-hydrogen) atoms. The van der Waals surface area contributed by atoms with Crippen LogP contribution in [0.4, 0.5) is 5.00 Å². The highest BCUT2D eigenvalue weighted by Gasteiger charge is 2.36. The molecule has 2 heterocycles. The molecule has 0 unspecified atom stereocenters. The highest BCUT2D eigenvalue weighted by atomic mass is 35.5. The predicted octanol–water partition coefficient (Wildman–Crippen LogP) is 3.87. The maximum absolute atomic E-state index is 12.8. The van der Waals surface area contributed by atoms with E-state index in [9.17, 15) is 19.2 Å². The average Bonchev–Trinajstić information content (AvgIpc) is 3.27. The van der Waals surface area contributed by atoms with Crippen LogP contribution >= 0.6 is 22.9 Å². The van der Waals surface area contributed by atoms with E-state index in [1.807, 2.05) is 0 Å². The van der Waals surface area contributed by atoms with E-state index >= 15 is 0 Å². The summed E-state index contributed by atoms with van der Waals surface area (Å²) in [5, 5.41) is 4.94. The molecule has 0 radical (unpaired) electrons. The number of carbonyl (C=O) groups excluding carboxylic acids is 4. The number of hydrogen-bond donors (Lipinski definition) is 1. The average molecular weight is 425 g/mol. The Labute approximate surface area is 174 Å². The number of ketones is 1. The van der Waals surface area contributed by atoms with Gasteiger partial charge < -0.3 is 5.32 Å². The molecule has 1 N–H and O–H groups in total. The molecule has 0 fully saturated rings.